The molecule has 0 radical (unpaired) electrons. The first kappa shape index (κ1) is 14.3. The molecule has 1 atom stereocenters. The van der Waals surface area contributed by atoms with Gasteiger partial charge in [-0.25, -0.2) is 0 Å². The molecule has 0 spiro atoms. The molecule has 0 aromatic heterocycles. The van der Waals surface area contributed by atoms with Gasteiger partial charge in [0.2, 0.25) is 0 Å². The maximum atomic E-state index is 12.5. The summed E-state index contributed by atoms with van der Waals surface area (Å²) in [5.41, 5.74) is -1.47. The third kappa shape index (κ3) is 2.04. The summed E-state index contributed by atoms with van der Waals surface area (Å²) in [6.07, 6.45) is 3.04. The van der Waals surface area contributed by atoms with Crippen LogP contribution in [-0.2, 0) is 14.3 Å². The third-order valence-electron chi connectivity index (χ3n) is 5.06. The quantitative estimate of drug-likeness (QED) is 0.840. The van der Waals surface area contributed by atoms with Gasteiger partial charge >= 0.3 is 5.97 Å². The van der Waals surface area contributed by atoms with Crippen molar-refractivity contribution in [3.8, 4) is 0 Å². The predicted octanol–water partition coefficient (Wildman–Crippen LogP) is 1.51. The van der Waals surface area contributed by atoms with Gasteiger partial charge in [0, 0.05) is 20.2 Å². The molecule has 5 nitrogen and oxygen atoms in total. The van der Waals surface area contributed by atoms with E-state index < -0.39 is 17.0 Å². The van der Waals surface area contributed by atoms with E-state index in [2.05, 4.69) is 0 Å². The Balaban J connectivity index is 2.13. The molecule has 1 amide bonds. The van der Waals surface area contributed by atoms with E-state index in [1.807, 2.05) is 13.8 Å². The Hall–Kier alpha value is -1.10. The summed E-state index contributed by atoms with van der Waals surface area (Å²) >= 11 is 0. The number of amides is 1. The minimum Gasteiger partial charge on any atom is -0.481 e. The van der Waals surface area contributed by atoms with E-state index in [4.69, 9.17) is 4.74 Å². The van der Waals surface area contributed by atoms with Crippen LogP contribution in [0.15, 0.2) is 0 Å². The lowest BCUT2D eigenvalue weighted by molar-refractivity contribution is -0.166. The smallest absolute Gasteiger partial charge is 0.311 e. The summed E-state index contributed by atoms with van der Waals surface area (Å²) in [5.74, 6) is -0.800. The summed E-state index contributed by atoms with van der Waals surface area (Å²) in [6, 6.07) is 0. The highest BCUT2D eigenvalue weighted by molar-refractivity contribution is 5.88. The van der Waals surface area contributed by atoms with Crippen LogP contribution in [0.2, 0.25) is 0 Å². The van der Waals surface area contributed by atoms with Crippen LogP contribution in [0.1, 0.15) is 39.5 Å². The molecule has 1 N–H and O–H groups in total. The summed E-state index contributed by atoms with van der Waals surface area (Å²) in [6.45, 7) is 4.66. The number of hydrogen-bond donors (Lipinski definition) is 1. The van der Waals surface area contributed by atoms with Crippen LogP contribution >= 0.6 is 0 Å². The second-order valence-electron chi connectivity index (χ2n) is 6.14. The van der Waals surface area contributed by atoms with E-state index in [0.29, 0.717) is 19.5 Å². The molecule has 1 aliphatic heterocycles. The number of methoxy groups -OCH3 is 1. The maximum Gasteiger partial charge on any atom is 0.311 e. The normalized spacial score (nSPS) is 29.4. The summed E-state index contributed by atoms with van der Waals surface area (Å²) in [5, 5.41) is 9.50. The van der Waals surface area contributed by atoms with Crippen molar-refractivity contribution in [3.63, 3.8) is 0 Å². The second-order valence-corrected chi connectivity index (χ2v) is 6.14. The zero-order valence-electron chi connectivity index (χ0n) is 11.9. The SMILES string of the molecule is COC1(C(=O)N2CCC(C(=O)O)(C(C)C)C2)CCC1. The Labute approximate surface area is 113 Å². The van der Waals surface area contributed by atoms with Gasteiger partial charge < -0.3 is 14.7 Å². The highest BCUT2D eigenvalue weighted by atomic mass is 16.5. The largest absolute Gasteiger partial charge is 0.481 e. The lowest BCUT2D eigenvalue weighted by atomic mass is 9.76. The van der Waals surface area contributed by atoms with E-state index in [-0.39, 0.29) is 11.8 Å². The van der Waals surface area contributed by atoms with E-state index in [0.717, 1.165) is 19.3 Å². The molecule has 1 saturated carbocycles. The first-order valence-corrected chi connectivity index (χ1v) is 6.96. The standard InChI is InChI=1S/C14H23NO4/c1-10(2)13(12(17)18)7-8-15(9-13)11(16)14(19-3)5-4-6-14/h10H,4-9H2,1-3H3,(H,17,18). The molecule has 108 valence electrons. The van der Waals surface area contributed by atoms with Crippen LogP contribution in [0, 0.1) is 11.3 Å². The molecule has 1 unspecified atom stereocenters. The number of carboxylic acids is 1. The highest BCUT2D eigenvalue weighted by Gasteiger charge is 2.53. The van der Waals surface area contributed by atoms with Gasteiger partial charge in [-0.1, -0.05) is 13.8 Å². The van der Waals surface area contributed by atoms with Crippen LogP contribution in [-0.4, -0.2) is 47.7 Å². The Morgan fingerprint density at radius 1 is 1.26 bits per heavy atom. The molecular formula is C14H23NO4. The van der Waals surface area contributed by atoms with E-state index in [1.54, 1.807) is 12.0 Å². The van der Waals surface area contributed by atoms with Crippen molar-refractivity contribution in [2.24, 2.45) is 11.3 Å². The zero-order chi connectivity index (χ0) is 14.3. The van der Waals surface area contributed by atoms with Crippen molar-refractivity contribution in [3.05, 3.63) is 0 Å². The van der Waals surface area contributed by atoms with Crippen LogP contribution in [0.5, 0.6) is 0 Å². The summed E-state index contributed by atoms with van der Waals surface area (Å²) in [4.78, 5) is 25.8. The van der Waals surface area contributed by atoms with Crippen molar-refractivity contribution in [2.75, 3.05) is 20.2 Å². The Kier molecular flexibility index (Phi) is 3.60. The van der Waals surface area contributed by atoms with E-state index in [9.17, 15) is 14.7 Å². The molecule has 19 heavy (non-hydrogen) atoms. The van der Waals surface area contributed by atoms with Crippen molar-refractivity contribution in [2.45, 2.75) is 45.1 Å². The molecule has 1 aliphatic carbocycles. The number of carbonyl (C=O) groups excluding carboxylic acids is 1. The Bertz CT molecular complexity index is 383. The van der Waals surface area contributed by atoms with Crippen molar-refractivity contribution < 1.29 is 19.4 Å². The minimum absolute atomic E-state index is 0.0164. The number of rotatable bonds is 4. The van der Waals surface area contributed by atoms with Gasteiger partial charge in [0.15, 0.2) is 0 Å². The lowest BCUT2D eigenvalue weighted by Gasteiger charge is -2.41. The Morgan fingerprint density at radius 3 is 2.21 bits per heavy atom. The van der Waals surface area contributed by atoms with Gasteiger partial charge in [0.25, 0.3) is 5.91 Å². The Morgan fingerprint density at radius 2 is 1.89 bits per heavy atom. The first-order valence-electron chi connectivity index (χ1n) is 6.96. The molecule has 0 aromatic carbocycles. The molecule has 1 saturated heterocycles. The van der Waals surface area contributed by atoms with Crippen LogP contribution in [0.4, 0.5) is 0 Å². The monoisotopic (exact) mass is 269 g/mol. The second kappa shape index (κ2) is 4.78. The number of carboxylic acid groups (broad SMARTS) is 1. The highest BCUT2D eigenvalue weighted by Crippen LogP contribution is 2.42. The van der Waals surface area contributed by atoms with E-state index >= 15 is 0 Å². The number of ether oxygens (including phenoxy) is 1. The third-order valence-corrected chi connectivity index (χ3v) is 5.06. The van der Waals surface area contributed by atoms with Crippen molar-refractivity contribution >= 4 is 11.9 Å². The van der Waals surface area contributed by atoms with Crippen molar-refractivity contribution in [1.29, 1.82) is 0 Å². The van der Waals surface area contributed by atoms with Gasteiger partial charge in [-0.05, 0) is 31.6 Å². The van der Waals surface area contributed by atoms with Gasteiger partial charge in [-0.2, -0.15) is 0 Å². The topological polar surface area (TPSA) is 66.8 Å². The summed E-state index contributed by atoms with van der Waals surface area (Å²) < 4.78 is 5.40. The van der Waals surface area contributed by atoms with Gasteiger partial charge in [0.05, 0.1) is 5.41 Å². The first-order chi connectivity index (χ1) is 8.88. The minimum atomic E-state index is -0.797. The fraction of sp³-hybridized carbons (Fsp3) is 0.857. The number of nitrogens with zero attached hydrogens (tertiary/aromatic N) is 1. The van der Waals surface area contributed by atoms with Gasteiger partial charge in [-0.3, -0.25) is 9.59 Å². The molecule has 2 fully saturated rings. The maximum absolute atomic E-state index is 12.5. The zero-order valence-corrected chi connectivity index (χ0v) is 11.9. The number of likely N-dealkylation sites (tertiary alicyclic amines) is 1. The molecule has 1 heterocycles. The predicted molar refractivity (Wildman–Crippen MR) is 69.7 cm³/mol. The van der Waals surface area contributed by atoms with E-state index in [1.165, 1.54) is 0 Å². The van der Waals surface area contributed by atoms with Crippen LogP contribution in [0.3, 0.4) is 0 Å². The van der Waals surface area contributed by atoms with Crippen LogP contribution in [0.25, 0.3) is 0 Å². The number of hydrogen-bond acceptors (Lipinski definition) is 3. The van der Waals surface area contributed by atoms with Gasteiger partial charge in [0.1, 0.15) is 5.60 Å². The molecule has 5 heteroatoms. The lowest BCUT2D eigenvalue weighted by Crippen LogP contribution is -2.54. The molecular weight excluding hydrogens is 246 g/mol. The summed E-state index contributed by atoms with van der Waals surface area (Å²) in [7, 11) is 1.57. The van der Waals surface area contributed by atoms with Crippen molar-refractivity contribution in [1.82, 2.24) is 4.90 Å². The number of carbonyl (C=O) groups is 2. The fourth-order valence-electron chi connectivity index (χ4n) is 3.19. The van der Waals surface area contributed by atoms with Crippen LogP contribution < -0.4 is 0 Å². The molecule has 2 aliphatic rings. The number of aliphatic carboxylic acids is 1. The molecule has 0 bridgehead atoms. The fourth-order valence-corrected chi connectivity index (χ4v) is 3.19. The van der Waals surface area contributed by atoms with Gasteiger partial charge in [-0.15, -0.1) is 0 Å². The molecule has 0 aromatic rings. The average molecular weight is 269 g/mol. The molecule has 2 rings (SSSR count). The average Bonchev–Trinajstić information content (AvgIpc) is 2.74.